The smallest absolute Gasteiger partial charge is 0.292 e. The van der Waals surface area contributed by atoms with Crippen LogP contribution >= 0.6 is 23.2 Å². The van der Waals surface area contributed by atoms with Gasteiger partial charge in [-0.3, -0.25) is 19.2 Å². The molecule has 2 aromatic rings. The predicted octanol–water partition coefficient (Wildman–Crippen LogP) is -0.259. The van der Waals surface area contributed by atoms with E-state index in [1.165, 1.54) is 9.80 Å². The SMILES string of the molecule is O=C1C[C@H]([NH+]2CC[NH+]([C@H]3CC(=O)N(c4cccc(Cl)c4)C3=O)CC2)C(=O)N1c1cccc(Cl)c1. The molecule has 0 aromatic heterocycles. The Labute approximate surface area is 206 Å². The first-order valence-corrected chi connectivity index (χ1v) is 12.0. The van der Waals surface area contributed by atoms with Crippen LogP contribution in [0.4, 0.5) is 11.4 Å². The zero-order chi connectivity index (χ0) is 24.0. The van der Waals surface area contributed by atoms with E-state index in [9.17, 15) is 19.2 Å². The molecule has 0 spiro atoms. The molecule has 3 saturated heterocycles. The third-order valence-electron chi connectivity index (χ3n) is 6.95. The summed E-state index contributed by atoms with van der Waals surface area (Å²) >= 11 is 12.1. The Kier molecular flexibility index (Phi) is 6.16. The van der Waals surface area contributed by atoms with Crippen LogP contribution in [0.25, 0.3) is 0 Å². The second-order valence-corrected chi connectivity index (χ2v) is 9.80. The van der Waals surface area contributed by atoms with Gasteiger partial charge in [0.15, 0.2) is 12.1 Å². The predicted molar refractivity (Wildman–Crippen MR) is 126 cm³/mol. The first-order valence-electron chi connectivity index (χ1n) is 11.3. The Hall–Kier alpha value is -2.78. The minimum Gasteiger partial charge on any atom is -0.315 e. The normalized spacial score (nSPS) is 27.7. The fraction of sp³-hybridized carbons (Fsp3) is 0.333. The largest absolute Gasteiger partial charge is 0.315 e. The molecule has 3 heterocycles. The third kappa shape index (κ3) is 4.11. The van der Waals surface area contributed by atoms with Crippen molar-refractivity contribution in [3.8, 4) is 0 Å². The van der Waals surface area contributed by atoms with Crippen molar-refractivity contribution in [2.45, 2.75) is 24.9 Å². The average Bonchev–Trinajstić information content (AvgIpc) is 3.28. The van der Waals surface area contributed by atoms with Gasteiger partial charge in [0.2, 0.25) is 11.8 Å². The molecule has 0 radical (unpaired) electrons. The highest BCUT2D eigenvalue weighted by atomic mass is 35.5. The summed E-state index contributed by atoms with van der Waals surface area (Å²) in [4.78, 5) is 56.0. The Morgan fingerprint density at radius 2 is 1.03 bits per heavy atom. The Bertz CT molecular complexity index is 1090. The Balaban J connectivity index is 1.24. The molecule has 0 saturated carbocycles. The maximum absolute atomic E-state index is 13.1. The van der Waals surface area contributed by atoms with Crippen molar-refractivity contribution in [2.75, 3.05) is 36.0 Å². The molecule has 0 bridgehead atoms. The highest BCUT2D eigenvalue weighted by molar-refractivity contribution is 6.32. The number of hydrogen-bond donors (Lipinski definition) is 2. The van der Waals surface area contributed by atoms with Gasteiger partial charge in [0.05, 0.1) is 24.2 Å². The van der Waals surface area contributed by atoms with Crippen molar-refractivity contribution in [3.63, 3.8) is 0 Å². The van der Waals surface area contributed by atoms with E-state index in [-0.39, 0.29) is 36.5 Å². The summed E-state index contributed by atoms with van der Waals surface area (Å²) < 4.78 is 0. The lowest BCUT2D eigenvalue weighted by molar-refractivity contribution is -1.02. The van der Waals surface area contributed by atoms with Gasteiger partial charge < -0.3 is 9.80 Å². The number of rotatable bonds is 4. The van der Waals surface area contributed by atoms with Crippen LogP contribution in [0.3, 0.4) is 0 Å². The summed E-state index contributed by atoms with van der Waals surface area (Å²) in [5.74, 6) is -0.892. The number of carbonyl (C=O) groups excluding carboxylic acids is 4. The van der Waals surface area contributed by atoms with Crippen molar-refractivity contribution >= 4 is 58.2 Å². The highest BCUT2D eigenvalue weighted by Gasteiger charge is 2.50. The standard InChI is InChI=1S/C24H22Cl2N4O4/c25-15-3-1-5-17(11-15)29-21(31)13-19(23(29)33)27-7-9-28(10-8-27)20-14-22(32)30(24(20)34)18-6-2-4-16(26)12-18/h1-6,11-12,19-20H,7-10,13-14H2/p+2/t19-,20-/m0/s1. The van der Waals surface area contributed by atoms with Gasteiger partial charge >= 0.3 is 0 Å². The van der Waals surface area contributed by atoms with Crippen molar-refractivity contribution in [2.24, 2.45) is 0 Å². The number of nitrogens with one attached hydrogen (secondary N) is 2. The van der Waals surface area contributed by atoms with Gasteiger partial charge in [-0.1, -0.05) is 35.3 Å². The first-order chi connectivity index (χ1) is 16.3. The molecule has 3 aliphatic rings. The number of benzene rings is 2. The molecule has 3 fully saturated rings. The number of quaternary nitrogens is 2. The second-order valence-electron chi connectivity index (χ2n) is 8.92. The Morgan fingerprint density at radius 1 is 0.647 bits per heavy atom. The molecule has 2 N–H and O–H groups in total. The summed E-state index contributed by atoms with van der Waals surface area (Å²) in [7, 11) is 0. The lowest BCUT2D eigenvalue weighted by Crippen LogP contribution is -3.31. The fourth-order valence-electron chi connectivity index (χ4n) is 5.26. The molecule has 34 heavy (non-hydrogen) atoms. The van der Waals surface area contributed by atoms with E-state index in [0.29, 0.717) is 47.6 Å². The van der Waals surface area contributed by atoms with Crippen LogP contribution in [-0.2, 0) is 19.2 Å². The number of carbonyl (C=O) groups is 4. The van der Waals surface area contributed by atoms with Crippen molar-refractivity contribution in [1.82, 2.24) is 0 Å². The molecular weight excluding hydrogens is 479 g/mol. The Morgan fingerprint density at radius 3 is 1.38 bits per heavy atom. The summed E-state index contributed by atoms with van der Waals surface area (Å²) in [5, 5.41) is 0.933. The number of imide groups is 2. The van der Waals surface area contributed by atoms with Crippen molar-refractivity contribution in [3.05, 3.63) is 58.6 Å². The van der Waals surface area contributed by atoms with Crippen molar-refractivity contribution < 1.29 is 29.0 Å². The average molecular weight is 503 g/mol. The molecule has 10 heteroatoms. The molecule has 3 aliphatic heterocycles. The third-order valence-corrected chi connectivity index (χ3v) is 7.42. The lowest BCUT2D eigenvalue weighted by atomic mass is 10.1. The topological polar surface area (TPSA) is 83.6 Å². The van der Waals surface area contributed by atoms with Crippen LogP contribution < -0.4 is 19.6 Å². The number of hydrogen-bond acceptors (Lipinski definition) is 4. The van der Waals surface area contributed by atoms with E-state index >= 15 is 0 Å². The molecule has 8 nitrogen and oxygen atoms in total. The van der Waals surface area contributed by atoms with Crippen molar-refractivity contribution in [1.29, 1.82) is 0 Å². The minimum absolute atomic E-state index is 0.152. The maximum Gasteiger partial charge on any atom is 0.292 e. The van der Waals surface area contributed by atoms with Crippen LogP contribution in [-0.4, -0.2) is 61.9 Å². The van der Waals surface area contributed by atoms with Gasteiger partial charge in [0.25, 0.3) is 11.8 Å². The fourth-order valence-corrected chi connectivity index (χ4v) is 5.63. The molecular formula is C24H24Cl2N4O4+2. The van der Waals surface area contributed by atoms with Crippen LogP contribution in [0.5, 0.6) is 0 Å². The number of piperazine rings is 1. The first kappa shape index (κ1) is 23.0. The number of halogens is 2. The zero-order valence-electron chi connectivity index (χ0n) is 18.3. The number of nitrogens with zero attached hydrogens (tertiary/aromatic N) is 2. The van der Waals surface area contributed by atoms with E-state index in [4.69, 9.17) is 23.2 Å². The van der Waals surface area contributed by atoms with E-state index in [1.54, 1.807) is 48.5 Å². The molecule has 5 rings (SSSR count). The summed E-state index contributed by atoms with van der Waals surface area (Å²) in [5.41, 5.74) is 0.981. The van der Waals surface area contributed by atoms with E-state index < -0.39 is 12.1 Å². The number of amides is 4. The van der Waals surface area contributed by atoms with E-state index in [0.717, 1.165) is 9.80 Å². The van der Waals surface area contributed by atoms with Gasteiger partial charge in [0, 0.05) is 10.0 Å². The highest BCUT2D eigenvalue weighted by Crippen LogP contribution is 2.26. The van der Waals surface area contributed by atoms with E-state index in [2.05, 4.69) is 0 Å². The van der Waals surface area contributed by atoms with Gasteiger partial charge in [0.1, 0.15) is 26.2 Å². The van der Waals surface area contributed by atoms with Gasteiger partial charge in [-0.05, 0) is 36.4 Å². The number of anilines is 2. The van der Waals surface area contributed by atoms with Gasteiger partial charge in [-0.15, -0.1) is 0 Å². The minimum atomic E-state index is -0.447. The van der Waals surface area contributed by atoms with Crippen LogP contribution in [0.1, 0.15) is 12.8 Å². The van der Waals surface area contributed by atoms with Gasteiger partial charge in [-0.2, -0.15) is 0 Å². The zero-order valence-corrected chi connectivity index (χ0v) is 19.8. The molecule has 0 unspecified atom stereocenters. The second kappa shape index (κ2) is 9.11. The monoisotopic (exact) mass is 502 g/mol. The van der Waals surface area contributed by atoms with E-state index in [1.807, 2.05) is 0 Å². The summed E-state index contributed by atoms with van der Waals surface area (Å²) in [6, 6.07) is 12.6. The summed E-state index contributed by atoms with van der Waals surface area (Å²) in [6.07, 6.45) is 0.304. The lowest BCUT2D eigenvalue weighted by Gasteiger charge is -2.34. The van der Waals surface area contributed by atoms with Crippen LogP contribution in [0.15, 0.2) is 48.5 Å². The molecule has 0 aliphatic carbocycles. The maximum atomic E-state index is 13.1. The summed E-state index contributed by atoms with van der Waals surface area (Å²) in [6.45, 7) is 2.55. The van der Waals surface area contributed by atoms with Crippen LogP contribution in [0.2, 0.25) is 10.0 Å². The molecule has 2 atom stereocenters. The quantitative estimate of drug-likeness (QED) is 0.564. The molecule has 4 amide bonds. The molecule has 2 aromatic carbocycles. The van der Waals surface area contributed by atoms with Crippen LogP contribution in [0, 0.1) is 0 Å². The van der Waals surface area contributed by atoms with Gasteiger partial charge in [-0.25, -0.2) is 9.80 Å². The molecule has 176 valence electrons.